The zero-order chi connectivity index (χ0) is 5.15. The number of carbonyl (C=O) groups is 1. The molecule has 0 aromatic carbocycles. The first-order valence-electron chi connectivity index (χ1n) is 1.55. The zero-order valence-corrected chi connectivity index (χ0v) is 3.38. The van der Waals surface area contributed by atoms with E-state index in [1.54, 1.807) is 0 Å². The van der Waals surface area contributed by atoms with Crippen LogP contribution in [0.4, 0.5) is 0 Å². The molecule has 0 fully saturated rings. The van der Waals surface area contributed by atoms with Crippen molar-refractivity contribution in [2.75, 3.05) is 0 Å². The number of carboxylic acids is 1. The Hall–Kier alpha value is 0.625. The molecule has 0 saturated carbocycles. The van der Waals surface area contributed by atoms with Gasteiger partial charge in [-0.3, -0.25) is 0 Å². The molecule has 0 aromatic rings. The molecule has 0 amide bonds. The molecule has 5 heteroatoms. The van der Waals surface area contributed by atoms with Crippen molar-refractivity contribution in [3.63, 3.8) is 0 Å². The Morgan fingerprint density at radius 1 is 1.50 bits per heavy atom. The van der Waals surface area contributed by atoms with Crippen LogP contribution in [-0.4, -0.2) is 60.0 Å². The Morgan fingerprint density at radius 3 is 1.62 bits per heavy atom. The molecule has 3 nitrogen and oxygen atoms in total. The standard InChI is InChI=1S/C3H6O3.2Li.2H/c1-2(4)3(5)6;;;;/h2,4H,1H3,(H,5,6);;;;. The van der Waals surface area contributed by atoms with Crippen molar-refractivity contribution in [3.8, 4) is 0 Å². The van der Waals surface area contributed by atoms with E-state index in [1.165, 1.54) is 6.92 Å². The van der Waals surface area contributed by atoms with E-state index in [2.05, 4.69) is 0 Å². The van der Waals surface area contributed by atoms with Crippen LogP contribution in [0, 0.1) is 0 Å². The quantitative estimate of drug-likeness (QED) is 0.386. The van der Waals surface area contributed by atoms with Crippen molar-refractivity contribution in [1.29, 1.82) is 0 Å². The van der Waals surface area contributed by atoms with Crippen LogP contribution in [0.15, 0.2) is 0 Å². The van der Waals surface area contributed by atoms with E-state index >= 15 is 0 Å². The van der Waals surface area contributed by atoms with Crippen molar-refractivity contribution < 1.29 is 15.0 Å². The Kier molecular flexibility index (Phi) is 15.1. The van der Waals surface area contributed by atoms with Gasteiger partial charge in [-0.05, 0) is 6.92 Å². The molecular weight excluding hydrogens is 97.9 g/mol. The number of carboxylic acid groups (broad SMARTS) is 1. The van der Waals surface area contributed by atoms with Crippen LogP contribution in [0.5, 0.6) is 0 Å². The summed E-state index contributed by atoms with van der Waals surface area (Å²) in [6.07, 6.45) is -1.23. The molecule has 0 spiro atoms. The first-order chi connectivity index (χ1) is 2.64. The number of hydrogen-bond acceptors (Lipinski definition) is 2. The Balaban J connectivity index is -0.000000125. The topological polar surface area (TPSA) is 57.5 Å². The second-order valence-electron chi connectivity index (χ2n) is 1.01. The molecule has 0 radical (unpaired) electrons. The van der Waals surface area contributed by atoms with Crippen molar-refractivity contribution in [2.45, 2.75) is 13.0 Å². The number of aliphatic carboxylic acids is 1. The second-order valence-corrected chi connectivity index (χ2v) is 1.01. The maximum absolute atomic E-state index is 9.45. The van der Waals surface area contributed by atoms with E-state index in [1.807, 2.05) is 0 Å². The van der Waals surface area contributed by atoms with Gasteiger partial charge in [-0.15, -0.1) is 0 Å². The fraction of sp³-hybridized carbons (Fsp3) is 0.667. The van der Waals surface area contributed by atoms with Gasteiger partial charge < -0.3 is 10.2 Å². The van der Waals surface area contributed by atoms with E-state index in [-0.39, 0.29) is 37.7 Å². The minimum absolute atomic E-state index is 0. The van der Waals surface area contributed by atoms with Gasteiger partial charge in [0.25, 0.3) is 0 Å². The van der Waals surface area contributed by atoms with E-state index in [9.17, 15) is 4.79 Å². The van der Waals surface area contributed by atoms with Crippen molar-refractivity contribution in [3.05, 3.63) is 0 Å². The third-order valence-corrected chi connectivity index (χ3v) is 0.357. The van der Waals surface area contributed by atoms with Gasteiger partial charge in [0.15, 0.2) is 0 Å². The van der Waals surface area contributed by atoms with Gasteiger partial charge in [0, 0.05) is 0 Å². The zero-order valence-electron chi connectivity index (χ0n) is 3.38. The molecule has 0 aliphatic carbocycles. The predicted octanol–water partition coefficient (Wildman–Crippen LogP) is -1.85. The molecule has 0 aliphatic heterocycles. The van der Waals surface area contributed by atoms with Crippen molar-refractivity contribution >= 4 is 43.7 Å². The van der Waals surface area contributed by atoms with Gasteiger partial charge in [-0.25, -0.2) is 4.79 Å². The third-order valence-electron chi connectivity index (χ3n) is 0.357. The average Bonchev–Trinajstić information content (AvgIpc) is 1.36. The summed E-state index contributed by atoms with van der Waals surface area (Å²) in [7, 11) is 0. The van der Waals surface area contributed by atoms with Crippen LogP contribution in [0.3, 0.4) is 0 Å². The van der Waals surface area contributed by atoms with Gasteiger partial charge in [0.1, 0.15) is 6.10 Å². The Bertz CT molecular complexity index is 63.5. The minimum atomic E-state index is -1.23. The predicted molar refractivity (Wildman–Crippen MR) is 33.6 cm³/mol. The van der Waals surface area contributed by atoms with Crippen molar-refractivity contribution in [2.24, 2.45) is 0 Å². The van der Waals surface area contributed by atoms with Crippen LogP contribution in [0.2, 0.25) is 0 Å². The summed E-state index contributed by atoms with van der Waals surface area (Å²) < 4.78 is 0. The molecule has 1 atom stereocenters. The molecule has 40 valence electrons. The van der Waals surface area contributed by atoms with E-state index in [0.29, 0.717) is 0 Å². The van der Waals surface area contributed by atoms with E-state index in [4.69, 9.17) is 10.2 Å². The first-order valence-corrected chi connectivity index (χ1v) is 1.55. The van der Waals surface area contributed by atoms with Crippen LogP contribution in [-0.2, 0) is 4.79 Å². The van der Waals surface area contributed by atoms with E-state index in [0.717, 1.165) is 0 Å². The number of aliphatic hydroxyl groups excluding tert-OH is 1. The summed E-state index contributed by atoms with van der Waals surface area (Å²) >= 11 is 0. The summed E-state index contributed by atoms with van der Waals surface area (Å²) in [5.74, 6) is -1.19. The van der Waals surface area contributed by atoms with Gasteiger partial charge in [0.2, 0.25) is 0 Å². The average molecular weight is 106 g/mol. The van der Waals surface area contributed by atoms with Crippen LogP contribution < -0.4 is 0 Å². The summed E-state index contributed by atoms with van der Waals surface area (Å²) in [5.41, 5.74) is 0. The fourth-order valence-corrected chi connectivity index (χ4v) is 0. The van der Waals surface area contributed by atoms with E-state index < -0.39 is 12.1 Å². The second kappa shape index (κ2) is 7.62. The summed E-state index contributed by atoms with van der Waals surface area (Å²) in [6.45, 7) is 1.20. The van der Waals surface area contributed by atoms with Gasteiger partial charge in [-0.2, -0.15) is 0 Å². The molecular formula is C3H8Li2O3. The van der Waals surface area contributed by atoms with Gasteiger partial charge in [-0.1, -0.05) is 0 Å². The van der Waals surface area contributed by atoms with Crippen LogP contribution in [0.1, 0.15) is 6.92 Å². The Labute approximate surface area is 71.8 Å². The van der Waals surface area contributed by atoms with Crippen molar-refractivity contribution in [1.82, 2.24) is 0 Å². The monoisotopic (exact) mass is 106 g/mol. The molecule has 0 aromatic heterocycles. The first kappa shape index (κ1) is 15.8. The Morgan fingerprint density at radius 2 is 1.62 bits per heavy atom. The molecule has 0 heterocycles. The van der Waals surface area contributed by atoms with Crippen LogP contribution >= 0.6 is 0 Å². The summed E-state index contributed by atoms with van der Waals surface area (Å²) in [5, 5.41) is 15.8. The third kappa shape index (κ3) is 9.80. The van der Waals surface area contributed by atoms with Gasteiger partial charge in [0.05, 0.1) is 0 Å². The summed E-state index contributed by atoms with van der Waals surface area (Å²) in [6, 6.07) is 0. The SMILES string of the molecule is CC(O)C(=O)O.[LiH].[LiH]. The van der Waals surface area contributed by atoms with Gasteiger partial charge >= 0.3 is 43.7 Å². The summed E-state index contributed by atoms with van der Waals surface area (Å²) in [4.78, 5) is 9.45. The maximum atomic E-state index is 9.45. The molecule has 0 saturated heterocycles. The molecule has 8 heavy (non-hydrogen) atoms. The number of aliphatic hydroxyl groups is 1. The number of hydrogen-bond donors (Lipinski definition) is 2. The molecule has 0 aliphatic rings. The fourth-order valence-electron chi connectivity index (χ4n) is 0. The normalized spacial score (nSPS) is 10.2. The molecule has 0 rings (SSSR count). The molecule has 1 unspecified atom stereocenters. The molecule has 0 bridgehead atoms. The molecule has 2 N–H and O–H groups in total. The number of rotatable bonds is 1. The van der Waals surface area contributed by atoms with Crippen LogP contribution in [0.25, 0.3) is 0 Å².